The Bertz CT molecular complexity index is 522. The summed E-state index contributed by atoms with van der Waals surface area (Å²) in [6.45, 7) is 1.01. The van der Waals surface area contributed by atoms with Crippen molar-refractivity contribution in [1.82, 2.24) is 5.32 Å². The van der Waals surface area contributed by atoms with Gasteiger partial charge < -0.3 is 5.32 Å². The van der Waals surface area contributed by atoms with Crippen LogP contribution in [0, 0.1) is 0 Å². The summed E-state index contributed by atoms with van der Waals surface area (Å²) in [6, 6.07) is 16.9. The summed E-state index contributed by atoms with van der Waals surface area (Å²) in [7, 11) is 0. The minimum absolute atomic E-state index is 0.230. The standard InChI is InChI=1S/C15H14ClN/c16-13-8-4-7-11-9-10-17-15(14(11)13)12-5-2-1-3-6-12/h1-8,15,17H,9-10H2/t15-/m0/s1. The molecule has 1 heterocycles. The van der Waals surface area contributed by atoms with Crippen molar-refractivity contribution in [3.63, 3.8) is 0 Å². The fraction of sp³-hybridized carbons (Fsp3) is 0.200. The molecule has 1 aliphatic heterocycles. The molecule has 0 aromatic heterocycles. The zero-order chi connectivity index (χ0) is 11.7. The Morgan fingerprint density at radius 1 is 1.00 bits per heavy atom. The van der Waals surface area contributed by atoms with Crippen LogP contribution in [0.1, 0.15) is 22.7 Å². The van der Waals surface area contributed by atoms with Crippen LogP contribution in [0.5, 0.6) is 0 Å². The molecule has 1 nitrogen and oxygen atoms in total. The molecular weight excluding hydrogens is 230 g/mol. The SMILES string of the molecule is Clc1cccc2c1[C@H](c1ccccc1)NCC2. The molecule has 0 radical (unpaired) electrons. The lowest BCUT2D eigenvalue weighted by Gasteiger charge is -2.28. The van der Waals surface area contributed by atoms with E-state index in [9.17, 15) is 0 Å². The van der Waals surface area contributed by atoms with E-state index in [0.29, 0.717) is 0 Å². The van der Waals surface area contributed by atoms with E-state index in [1.54, 1.807) is 0 Å². The molecule has 1 aliphatic rings. The smallest absolute Gasteiger partial charge is 0.0594 e. The number of hydrogen-bond donors (Lipinski definition) is 1. The van der Waals surface area contributed by atoms with Gasteiger partial charge in [-0.3, -0.25) is 0 Å². The Morgan fingerprint density at radius 3 is 2.65 bits per heavy atom. The summed E-state index contributed by atoms with van der Waals surface area (Å²) in [5.74, 6) is 0. The first-order valence-corrected chi connectivity index (χ1v) is 6.29. The molecule has 2 heteroatoms. The van der Waals surface area contributed by atoms with Crippen LogP contribution in [0.25, 0.3) is 0 Å². The van der Waals surface area contributed by atoms with Gasteiger partial charge in [0.2, 0.25) is 0 Å². The van der Waals surface area contributed by atoms with Gasteiger partial charge in [0.25, 0.3) is 0 Å². The van der Waals surface area contributed by atoms with Crippen molar-refractivity contribution in [3.8, 4) is 0 Å². The fourth-order valence-electron chi connectivity index (χ4n) is 2.51. The third-order valence-electron chi connectivity index (χ3n) is 3.31. The molecule has 2 aromatic carbocycles. The molecule has 17 heavy (non-hydrogen) atoms. The van der Waals surface area contributed by atoms with Crippen LogP contribution in [0.2, 0.25) is 5.02 Å². The van der Waals surface area contributed by atoms with Crippen molar-refractivity contribution in [1.29, 1.82) is 0 Å². The van der Waals surface area contributed by atoms with Crippen LogP contribution in [0.3, 0.4) is 0 Å². The molecule has 0 bridgehead atoms. The minimum Gasteiger partial charge on any atom is -0.306 e. The Labute approximate surface area is 106 Å². The fourth-order valence-corrected chi connectivity index (χ4v) is 2.81. The highest BCUT2D eigenvalue weighted by Crippen LogP contribution is 2.33. The van der Waals surface area contributed by atoms with Crippen molar-refractivity contribution in [2.45, 2.75) is 12.5 Å². The third kappa shape index (κ3) is 1.97. The number of halogens is 1. The van der Waals surface area contributed by atoms with Gasteiger partial charge in [-0.1, -0.05) is 54.1 Å². The van der Waals surface area contributed by atoms with Crippen LogP contribution in [0.4, 0.5) is 0 Å². The van der Waals surface area contributed by atoms with E-state index in [1.165, 1.54) is 16.7 Å². The average Bonchev–Trinajstić information content (AvgIpc) is 2.39. The lowest BCUT2D eigenvalue weighted by Crippen LogP contribution is -2.30. The van der Waals surface area contributed by atoms with Crippen molar-refractivity contribution in [3.05, 3.63) is 70.2 Å². The highest BCUT2D eigenvalue weighted by molar-refractivity contribution is 6.31. The molecule has 0 unspecified atom stereocenters. The predicted octanol–water partition coefficient (Wildman–Crippen LogP) is 3.58. The summed E-state index contributed by atoms with van der Waals surface area (Å²) >= 11 is 6.35. The molecule has 86 valence electrons. The van der Waals surface area contributed by atoms with E-state index in [1.807, 2.05) is 18.2 Å². The molecule has 0 spiro atoms. The van der Waals surface area contributed by atoms with Gasteiger partial charge >= 0.3 is 0 Å². The van der Waals surface area contributed by atoms with E-state index in [2.05, 4.69) is 35.6 Å². The first-order valence-electron chi connectivity index (χ1n) is 5.92. The van der Waals surface area contributed by atoms with Crippen molar-refractivity contribution in [2.75, 3.05) is 6.54 Å². The molecule has 1 N–H and O–H groups in total. The number of hydrogen-bond acceptors (Lipinski definition) is 1. The highest BCUT2D eigenvalue weighted by Gasteiger charge is 2.23. The van der Waals surface area contributed by atoms with Crippen LogP contribution in [-0.4, -0.2) is 6.54 Å². The van der Waals surface area contributed by atoms with Crippen LogP contribution in [-0.2, 0) is 6.42 Å². The zero-order valence-corrected chi connectivity index (χ0v) is 10.2. The van der Waals surface area contributed by atoms with E-state index < -0.39 is 0 Å². The molecule has 0 saturated carbocycles. The van der Waals surface area contributed by atoms with Crippen LogP contribution < -0.4 is 5.32 Å². The van der Waals surface area contributed by atoms with Gasteiger partial charge in [0.15, 0.2) is 0 Å². The van der Waals surface area contributed by atoms with Crippen molar-refractivity contribution in [2.24, 2.45) is 0 Å². The number of fused-ring (bicyclic) bond motifs is 1. The van der Waals surface area contributed by atoms with E-state index in [4.69, 9.17) is 11.6 Å². The lowest BCUT2D eigenvalue weighted by molar-refractivity contribution is 0.568. The molecule has 0 amide bonds. The quantitative estimate of drug-likeness (QED) is 0.808. The topological polar surface area (TPSA) is 12.0 Å². The predicted molar refractivity (Wildman–Crippen MR) is 71.4 cm³/mol. The van der Waals surface area contributed by atoms with E-state index in [-0.39, 0.29) is 6.04 Å². The largest absolute Gasteiger partial charge is 0.306 e. The number of rotatable bonds is 1. The number of nitrogens with one attached hydrogen (secondary N) is 1. The highest BCUT2D eigenvalue weighted by atomic mass is 35.5. The lowest BCUT2D eigenvalue weighted by atomic mass is 9.90. The van der Waals surface area contributed by atoms with Gasteiger partial charge in [0.05, 0.1) is 6.04 Å². The first-order chi connectivity index (χ1) is 8.36. The zero-order valence-electron chi connectivity index (χ0n) is 9.49. The molecule has 1 atom stereocenters. The second kappa shape index (κ2) is 4.52. The summed E-state index contributed by atoms with van der Waals surface area (Å²) < 4.78 is 0. The summed E-state index contributed by atoms with van der Waals surface area (Å²) in [6.07, 6.45) is 1.05. The van der Waals surface area contributed by atoms with E-state index >= 15 is 0 Å². The minimum atomic E-state index is 0.230. The van der Waals surface area contributed by atoms with Gasteiger partial charge in [-0.2, -0.15) is 0 Å². The Morgan fingerprint density at radius 2 is 1.82 bits per heavy atom. The maximum Gasteiger partial charge on any atom is 0.0594 e. The molecule has 3 rings (SSSR count). The van der Waals surface area contributed by atoms with Crippen LogP contribution >= 0.6 is 11.6 Å². The molecule has 0 aliphatic carbocycles. The molecule has 0 saturated heterocycles. The summed E-state index contributed by atoms with van der Waals surface area (Å²) in [4.78, 5) is 0. The van der Waals surface area contributed by atoms with Gasteiger partial charge in [0.1, 0.15) is 0 Å². The maximum atomic E-state index is 6.35. The van der Waals surface area contributed by atoms with Gasteiger partial charge in [-0.25, -0.2) is 0 Å². The van der Waals surface area contributed by atoms with Crippen LogP contribution in [0.15, 0.2) is 48.5 Å². The summed E-state index contributed by atoms with van der Waals surface area (Å²) in [5.41, 5.74) is 3.89. The summed E-state index contributed by atoms with van der Waals surface area (Å²) in [5, 5.41) is 4.41. The second-order valence-electron chi connectivity index (χ2n) is 4.36. The van der Waals surface area contributed by atoms with Crippen molar-refractivity contribution < 1.29 is 0 Å². The molecular formula is C15H14ClN. The third-order valence-corrected chi connectivity index (χ3v) is 3.64. The second-order valence-corrected chi connectivity index (χ2v) is 4.77. The Kier molecular flexibility index (Phi) is 2.87. The average molecular weight is 244 g/mol. The van der Waals surface area contributed by atoms with Crippen molar-refractivity contribution >= 4 is 11.6 Å². The Balaban J connectivity index is 2.11. The van der Waals surface area contributed by atoms with E-state index in [0.717, 1.165) is 18.0 Å². The molecule has 0 fully saturated rings. The van der Waals surface area contributed by atoms with Gasteiger partial charge in [0, 0.05) is 11.6 Å². The first kappa shape index (κ1) is 10.8. The monoisotopic (exact) mass is 243 g/mol. The van der Waals surface area contributed by atoms with Gasteiger partial charge in [-0.15, -0.1) is 0 Å². The van der Waals surface area contributed by atoms with Gasteiger partial charge in [-0.05, 0) is 29.2 Å². The maximum absolute atomic E-state index is 6.35. The molecule has 2 aromatic rings. The number of benzene rings is 2. The Hall–Kier alpha value is -1.31. The normalized spacial score (nSPS) is 18.8.